The summed E-state index contributed by atoms with van der Waals surface area (Å²) >= 11 is 0. The van der Waals surface area contributed by atoms with Gasteiger partial charge in [0, 0.05) is 38.4 Å². The van der Waals surface area contributed by atoms with Gasteiger partial charge in [-0.3, -0.25) is 13.9 Å². The molecule has 7 nitrogen and oxygen atoms in total. The van der Waals surface area contributed by atoms with Crippen LogP contribution in [0, 0.1) is 0 Å². The molecule has 0 saturated carbocycles. The number of nitrogens with zero attached hydrogens (tertiary/aromatic N) is 2. The van der Waals surface area contributed by atoms with Crippen LogP contribution in [0.1, 0.15) is 50.9 Å². The lowest BCUT2D eigenvalue weighted by molar-refractivity contribution is 0.268. The third kappa shape index (κ3) is 5.25. The zero-order chi connectivity index (χ0) is 20.7. The van der Waals surface area contributed by atoms with E-state index in [9.17, 15) is 9.59 Å². The third-order valence-corrected chi connectivity index (χ3v) is 4.61. The molecule has 0 spiro atoms. The van der Waals surface area contributed by atoms with Crippen molar-refractivity contribution >= 4 is 0 Å². The molecule has 1 atom stereocenters. The van der Waals surface area contributed by atoms with E-state index in [4.69, 9.17) is 9.47 Å². The highest BCUT2D eigenvalue weighted by atomic mass is 16.5. The molecule has 2 aromatic rings. The fraction of sp³-hybridized carbons (Fsp3) is 0.524. The normalized spacial score (nSPS) is 12.0. The van der Waals surface area contributed by atoms with Crippen molar-refractivity contribution in [2.24, 2.45) is 14.1 Å². The first-order valence-electron chi connectivity index (χ1n) is 9.77. The molecule has 7 heteroatoms. The van der Waals surface area contributed by atoms with E-state index in [1.54, 1.807) is 7.05 Å². The Morgan fingerprint density at radius 1 is 0.964 bits per heavy atom. The molecule has 0 aliphatic carbocycles. The molecule has 0 aliphatic rings. The summed E-state index contributed by atoms with van der Waals surface area (Å²) in [5.74, 6) is 1.49. The van der Waals surface area contributed by atoms with Gasteiger partial charge in [0.2, 0.25) is 0 Å². The first-order chi connectivity index (χ1) is 13.4. The highest BCUT2D eigenvalue weighted by Crippen LogP contribution is 2.31. The van der Waals surface area contributed by atoms with Crippen LogP contribution >= 0.6 is 0 Å². The van der Waals surface area contributed by atoms with Crippen LogP contribution in [-0.2, 0) is 20.6 Å². The second-order valence-corrected chi connectivity index (χ2v) is 6.88. The molecule has 1 aromatic carbocycles. The lowest BCUT2D eigenvalue weighted by atomic mass is 10.1. The molecule has 0 amide bonds. The smallest absolute Gasteiger partial charge is 0.330 e. The molecule has 0 aliphatic heterocycles. The van der Waals surface area contributed by atoms with Crippen LogP contribution in [0.3, 0.4) is 0 Å². The molecule has 0 bridgehead atoms. The zero-order valence-electron chi connectivity index (χ0n) is 17.4. The Morgan fingerprint density at radius 2 is 1.61 bits per heavy atom. The van der Waals surface area contributed by atoms with E-state index >= 15 is 0 Å². The molecule has 154 valence electrons. The summed E-state index contributed by atoms with van der Waals surface area (Å²) < 4.78 is 14.2. The van der Waals surface area contributed by atoms with Crippen LogP contribution in [0.5, 0.6) is 11.5 Å². The van der Waals surface area contributed by atoms with Crippen molar-refractivity contribution in [3.8, 4) is 11.5 Å². The molecule has 0 radical (unpaired) electrons. The Hall–Kier alpha value is -2.54. The van der Waals surface area contributed by atoms with Crippen molar-refractivity contribution < 1.29 is 9.47 Å². The number of nitrogens with one attached hydrogen (secondary N) is 1. The first kappa shape index (κ1) is 21.8. The summed E-state index contributed by atoms with van der Waals surface area (Å²) in [6.45, 7) is 7.84. The SMILES string of the molecule is CCCOc1ccc([C@@H](C)NCc2cc(=O)n(C)c(=O)n2C)cc1OCCC. The van der Waals surface area contributed by atoms with Crippen molar-refractivity contribution in [3.05, 3.63) is 56.4 Å². The number of hydrogen-bond acceptors (Lipinski definition) is 5. The number of aromatic nitrogens is 2. The lowest BCUT2D eigenvalue weighted by Gasteiger charge is -2.19. The highest BCUT2D eigenvalue weighted by Gasteiger charge is 2.13. The van der Waals surface area contributed by atoms with Crippen molar-refractivity contribution in [1.82, 2.24) is 14.5 Å². The summed E-state index contributed by atoms with van der Waals surface area (Å²) in [6, 6.07) is 7.41. The van der Waals surface area contributed by atoms with Gasteiger partial charge in [-0.25, -0.2) is 4.79 Å². The minimum absolute atomic E-state index is 0.00311. The predicted octanol–water partition coefficient (Wildman–Crippen LogP) is 2.51. The average Bonchev–Trinajstić information content (AvgIpc) is 2.70. The quantitative estimate of drug-likeness (QED) is 0.676. The minimum Gasteiger partial charge on any atom is -0.490 e. The Morgan fingerprint density at radius 3 is 2.25 bits per heavy atom. The van der Waals surface area contributed by atoms with Crippen LogP contribution in [0.2, 0.25) is 0 Å². The molecule has 0 saturated heterocycles. The van der Waals surface area contributed by atoms with Gasteiger partial charge in [-0.05, 0) is 37.5 Å². The summed E-state index contributed by atoms with van der Waals surface area (Å²) in [4.78, 5) is 23.9. The first-order valence-corrected chi connectivity index (χ1v) is 9.77. The maximum atomic E-state index is 12.1. The maximum absolute atomic E-state index is 12.1. The van der Waals surface area contributed by atoms with Gasteiger partial charge in [0.25, 0.3) is 5.56 Å². The largest absolute Gasteiger partial charge is 0.490 e. The monoisotopic (exact) mass is 389 g/mol. The fourth-order valence-corrected chi connectivity index (χ4v) is 2.77. The molecular weight excluding hydrogens is 358 g/mol. The van der Waals surface area contributed by atoms with Gasteiger partial charge in [-0.2, -0.15) is 0 Å². The molecule has 28 heavy (non-hydrogen) atoms. The lowest BCUT2D eigenvalue weighted by Crippen LogP contribution is -2.39. The van der Waals surface area contributed by atoms with Crippen molar-refractivity contribution in [2.45, 2.75) is 46.2 Å². The van der Waals surface area contributed by atoms with Crippen molar-refractivity contribution in [1.29, 1.82) is 0 Å². The Kier molecular flexibility index (Phi) is 7.87. The molecule has 2 rings (SSSR count). The summed E-state index contributed by atoms with van der Waals surface area (Å²) in [6.07, 6.45) is 1.85. The number of benzene rings is 1. The van der Waals surface area contributed by atoms with Gasteiger partial charge in [-0.1, -0.05) is 19.9 Å². The predicted molar refractivity (Wildman–Crippen MR) is 110 cm³/mol. The molecule has 1 heterocycles. The molecule has 0 unspecified atom stereocenters. The minimum atomic E-state index is -0.329. The van der Waals surface area contributed by atoms with Gasteiger partial charge >= 0.3 is 5.69 Å². The van der Waals surface area contributed by atoms with Gasteiger partial charge < -0.3 is 14.8 Å². The van der Waals surface area contributed by atoms with Crippen LogP contribution in [0.4, 0.5) is 0 Å². The van der Waals surface area contributed by atoms with Crippen LogP contribution in [0.25, 0.3) is 0 Å². The Balaban J connectivity index is 2.16. The maximum Gasteiger partial charge on any atom is 0.330 e. The zero-order valence-corrected chi connectivity index (χ0v) is 17.4. The third-order valence-electron chi connectivity index (χ3n) is 4.61. The van der Waals surface area contributed by atoms with Crippen molar-refractivity contribution in [2.75, 3.05) is 13.2 Å². The molecular formula is C21H31N3O4. The van der Waals surface area contributed by atoms with Crippen LogP contribution in [0.15, 0.2) is 33.9 Å². The van der Waals surface area contributed by atoms with E-state index in [1.807, 2.05) is 25.1 Å². The summed E-state index contributed by atoms with van der Waals surface area (Å²) in [5, 5.41) is 3.37. The van der Waals surface area contributed by atoms with Crippen molar-refractivity contribution in [3.63, 3.8) is 0 Å². The fourth-order valence-electron chi connectivity index (χ4n) is 2.77. The van der Waals surface area contributed by atoms with E-state index in [-0.39, 0.29) is 17.3 Å². The summed E-state index contributed by atoms with van der Waals surface area (Å²) in [7, 11) is 3.14. The standard InChI is InChI=1S/C21H31N3O4/c1-6-10-27-18-9-8-16(12-19(18)28-11-7-2)15(3)22-14-17-13-20(25)24(5)21(26)23(17)4/h8-9,12-13,15,22H,6-7,10-11,14H2,1-5H3/t15-/m1/s1. The summed E-state index contributed by atoms with van der Waals surface area (Å²) in [5.41, 5.74) is 1.05. The molecule has 0 fully saturated rings. The Labute approximate surface area is 165 Å². The van der Waals surface area contributed by atoms with Crippen LogP contribution in [-0.4, -0.2) is 22.3 Å². The van der Waals surface area contributed by atoms with Gasteiger partial charge in [0.05, 0.1) is 13.2 Å². The van der Waals surface area contributed by atoms with Gasteiger partial charge in [0.1, 0.15) is 0 Å². The molecule has 1 aromatic heterocycles. The molecule has 1 N–H and O–H groups in total. The number of ether oxygens (including phenoxy) is 2. The average molecular weight is 389 g/mol. The number of hydrogen-bond donors (Lipinski definition) is 1. The van der Waals surface area contributed by atoms with E-state index in [0.29, 0.717) is 25.5 Å². The number of rotatable bonds is 10. The second-order valence-electron chi connectivity index (χ2n) is 6.88. The van der Waals surface area contributed by atoms with E-state index in [2.05, 4.69) is 19.2 Å². The van der Waals surface area contributed by atoms with Crippen LogP contribution < -0.4 is 26.0 Å². The second kappa shape index (κ2) is 10.1. The Bertz CT molecular complexity index is 901. The van der Waals surface area contributed by atoms with E-state index in [0.717, 1.165) is 34.5 Å². The van der Waals surface area contributed by atoms with E-state index in [1.165, 1.54) is 17.7 Å². The highest BCUT2D eigenvalue weighted by molar-refractivity contribution is 5.44. The van der Waals surface area contributed by atoms with Gasteiger partial charge in [-0.15, -0.1) is 0 Å². The van der Waals surface area contributed by atoms with Gasteiger partial charge in [0.15, 0.2) is 11.5 Å². The van der Waals surface area contributed by atoms with E-state index < -0.39 is 0 Å². The topological polar surface area (TPSA) is 74.5 Å².